The van der Waals surface area contributed by atoms with Gasteiger partial charge in [0.25, 0.3) is 0 Å². The zero-order valence-electron chi connectivity index (χ0n) is 24.4. The summed E-state index contributed by atoms with van der Waals surface area (Å²) in [5.74, 6) is 1.09. The summed E-state index contributed by atoms with van der Waals surface area (Å²) in [6.07, 6.45) is 3.85. The molecule has 0 bridgehead atoms. The number of anilines is 2. The molecule has 9 nitrogen and oxygen atoms in total. The topological polar surface area (TPSA) is 83.8 Å². The lowest BCUT2D eigenvalue weighted by Gasteiger charge is -2.40. The Morgan fingerprint density at radius 1 is 1.10 bits per heavy atom. The highest BCUT2D eigenvalue weighted by Gasteiger charge is 2.31. The Kier molecular flexibility index (Phi) is 8.66. The average Bonchev–Trinajstić information content (AvgIpc) is 3.00. The first-order chi connectivity index (χ1) is 19.8. The van der Waals surface area contributed by atoms with Gasteiger partial charge in [-0.05, 0) is 49.5 Å². The summed E-state index contributed by atoms with van der Waals surface area (Å²) in [6.45, 7) is 15.4. The molecular weight excluding hydrogens is 540 g/mol. The summed E-state index contributed by atoms with van der Waals surface area (Å²) in [5, 5.41) is 1.22. The molecule has 5 rings (SSSR count). The number of carbonyl (C=O) groups excluding carboxylic acids is 1. The van der Waals surface area contributed by atoms with Crippen LogP contribution in [0.2, 0.25) is 5.02 Å². The molecule has 4 heterocycles. The lowest BCUT2D eigenvalue weighted by Crippen LogP contribution is -2.54. The zero-order chi connectivity index (χ0) is 29.3. The summed E-state index contributed by atoms with van der Waals surface area (Å²) in [5.41, 5.74) is 3.11. The number of rotatable bonds is 7. The van der Waals surface area contributed by atoms with Gasteiger partial charge in [0.15, 0.2) is 5.65 Å². The van der Waals surface area contributed by atoms with Gasteiger partial charge in [-0.15, -0.1) is 0 Å². The molecule has 41 heavy (non-hydrogen) atoms. The standard InChI is InChI=1S/C31H39ClN6O3/c1-6-21-11-10-12-22(7-2)27(21)38-29-24(17-25(32)30(33-29)36-15-16-41-23(8-3)19-36)28(34-31(38)40)37-14-13-35(18-20(37)5)26(39)9-4/h9-12,17,20,23H,4,6-8,13-16,18-19H2,1-3,5H3/t20-,23?/m0/s1. The predicted octanol–water partition coefficient (Wildman–Crippen LogP) is 4.40. The maximum atomic E-state index is 14.1. The smallest absolute Gasteiger partial charge is 0.355 e. The van der Waals surface area contributed by atoms with Crippen LogP contribution in [0.3, 0.4) is 0 Å². The quantitative estimate of drug-likeness (QED) is 0.384. The number of benzene rings is 1. The van der Waals surface area contributed by atoms with Crippen molar-refractivity contribution < 1.29 is 9.53 Å². The molecule has 0 aliphatic carbocycles. The van der Waals surface area contributed by atoms with Crippen molar-refractivity contribution >= 4 is 40.2 Å². The van der Waals surface area contributed by atoms with Crippen LogP contribution in [0.15, 0.2) is 41.7 Å². The van der Waals surface area contributed by atoms with Crippen LogP contribution in [0.5, 0.6) is 0 Å². The van der Waals surface area contributed by atoms with Crippen molar-refractivity contribution in [1.29, 1.82) is 0 Å². The van der Waals surface area contributed by atoms with E-state index in [-0.39, 0.29) is 23.7 Å². The highest BCUT2D eigenvalue weighted by atomic mass is 35.5. The van der Waals surface area contributed by atoms with E-state index < -0.39 is 0 Å². The Morgan fingerprint density at radius 3 is 2.46 bits per heavy atom. The molecule has 0 saturated carbocycles. The van der Waals surface area contributed by atoms with Gasteiger partial charge in [-0.25, -0.2) is 14.3 Å². The summed E-state index contributed by atoms with van der Waals surface area (Å²) in [6, 6.07) is 7.99. The molecule has 1 amide bonds. The van der Waals surface area contributed by atoms with Crippen LogP contribution in [0, 0.1) is 0 Å². The molecule has 2 aliphatic heterocycles. The van der Waals surface area contributed by atoms with Crippen LogP contribution in [-0.4, -0.2) is 76.8 Å². The van der Waals surface area contributed by atoms with Crippen molar-refractivity contribution in [2.75, 3.05) is 49.1 Å². The minimum absolute atomic E-state index is 0.0734. The van der Waals surface area contributed by atoms with Crippen LogP contribution in [0.4, 0.5) is 11.6 Å². The molecule has 0 spiro atoms. The highest BCUT2D eigenvalue weighted by molar-refractivity contribution is 6.33. The maximum Gasteiger partial charge on any atom is 0.355 e. The van der Waals surface area contributed by atoms with E-state index in [1.807, 2.05) is 19.1 Å². The molecule has 2 aromatic heterocycles. The number of fused-ring (bicyclic) bond motifs is 1. The van der Waals surface area contributed by atoms with Crippen molar-refractivity contribution in [2.24, 2.45) is 0 Å². The van der Waals surface area contributed by atoms with Crippen molar-refractivity contribution in [3.05, 3.63) is 63.6 Å². The number of piperazine rings is 1. The Balaban J connectivity index is 1.74. The fourth-order valence-electron chi connectivity index (χ4n) is 6.00. The number of nitrogens with zero attached hydrogens (tertiary/aromatic N) is 6. The predicted molar refractivity (Wildman–Crippen MR) is 165 cm³/mol. The number of pyridine rings is 1. The molecule has 218 valence electrons. The molecule has 10 heteroatoms. The van der Waals surface area contributed by atoms with Crippen molar-refractivity contribution in [3.8, 4) is 5.69 Å². The van der Waals surface area contributed by atoms with Gasteiger partial charge in [-0.2, -0.15) is 4.98 Å². The van der Waals surface area contributed by atoms with Crippen molar-refractivity contribution in [1.82, 2.24) is 19.4 Å². The number of morpholine rings is 1. The zero-order valence-corrected chi connectivity index (χ0v) is 25.2. The first-order valence-corrected chi connectivity index (χ1v) is 15.0. The fraction of sp³-hybridized carbons (Fsp3) is 0.484. The van der Waals surface area contributed by atoms with Gasteiger partial charge in [0.2, 0.25) is 5.91 Å². The Hall–Kier alpha value is -3.43. The van der Waals surface area contributed by atoms with E-state index in [0.29, 0.717) is 67.0 Å². The molecular formula is C31H39ClN6O3. The number of para-hydroxylation sites is 1. The van der Waals surface area contributed by atoms with E-state index in [1.165, 1.54) is 6.08 Å². The second-order valence-corrected chi connectivity index (χ2v) is 11.1. The van der Waals surface area contributed by atoms with Crippen LogP contribution in [0.1, 0.15) is 45.2 Å². The molecule has 1 aromatic carbocycles. The normalized spacial score (nSPS) is 19.6. The molecule has 0 radical (unpaired) electrons. The van der Waals surface area contributed by atoms with Gasteiger partial charge in [-0.1, -0.05) is 57.2 Å². The molecule has 1 unspecified atom stereocenters. The van der Waals surface area contributed by atoms with Gasteiger partial charge in [0, 0.05) is 38.8 Å². The first kappa shape index (κ1) is 29.1. The molecule has 0 N–H and O–H groups in total. The van der Waals surface area contributed by atoms with Gasteiger partial charge < -0.3 is 19.4 Å². The monoisotopic (exact) mass is 578 g/mol. The molecule has 2 saturated heterocycles. The maximum absolute atomic E-state index is 14.1. The molecule has 2 atom stereocenters. The van der Waals surface area contributed by atoms with E-state index in [2.05, 4.69) is 54.3 Å². The minimum Gasteiger partial charge on any atom is -0.375 e. The fourth-order valence-corrected chi connectivity index (χ4v) is 6.27. The first-order valence-electron chi connectivity index (χ1n) is 14.6. The number of amides is 1. The summed E-state index contributed by atoms with van der Waals surface area (Å²) in [7, 11) is 0. The lowest BCUT2D eigenvalue weighted by atomic mass is 10.0. The Labute approximate surface area is 246 Å². The number of carbonyl (C=O) groups is 1. The SMILES string of the molecule is C=CC(=O)N1CCN(c2nc(=O)n(-c3c(CC)cccc3CC)c3nc(N4CCOC(CC)C4)c(Cl)cc23)[C@@H](C)C1. The molecule has 2 aliphatic rings. The second kappa shape index (κ2) is 12.2. The number of aromatic nitrogens is 3. The van der Waals surface area contributed by atoms with Crippen molar-refractivity contribution in [2.45, 2.75) is 59.1 Å². The van der Waals surface area contributed by atoms with E-state index in [1.54, 1.807) is 9.47 Å². The van der Waals surface area contributed by atoms with E-state index in [9.17, 15) is 9.59 Å². The summed E-state index contributed by atoms with van der Waals surface area (Å²) < 4.78 is 7.58. The van der Waals surface area contributed by atoms with Crippen LogP contribution in [-0.2, 0) is 22.4 Å². The van der Waals surface area contributed by atoms with E-state index in [4.69, 9.17) is 21.3 Å². The average molecular weight is 579 g/mol. The number of hydrogen-bond donors (Lipinski definition) is 0. The number of halogens is 1. The summed E-state index contributed by atoms with van der Waals surface area (Å²) in [4.78, 5) is 42.2. The number of aryl methyl sites for hydroxylation is 2. The van der Waals surface area contributed by atoms with Crippen LogP contribution >= 0.6 is 11.6 Å². The second-order valence-electron chi connectivity index (χ2n) is 10.7. The third-order valence-corrected chi connectivity index (χ3v) is 8.53. The highest BCUT2D eigenvalue weighted by Crippen LogP contribution is 2.35. The van der Waals surface area contributed by atoms with E-state index in [0.717, 1.165) is 36.1 Å². The van der Waals surface area contributed by atoms with E-state index >= 15 is 0 Å². The largest absolute Gasteiger partial charge is 0.375 e. The molecule has 2 fully saturated rings. The van der Waals surface area contributed by atoms with Gasteiger partial charge in [0.1, 0.15) is 11.6 Å². The third kappa shape index (κ3) is 5.45. The van der Waals surface area contributed by atoms with Crippen LogP contribution < -0.4 is 15.5 Å². The van der Waals surface area contributed by atoms with Crippen molar-refractivity contribution in [3.63, 3.8) is 0 Å². The van der Waals surface area contributed by atoms with Gasteiger partial charge >= 0.3 is 5.69 Å². The third-order valence-electron chi connectivity index (χ3n) is 8.25. The Morgan fingerprint density at radius 2 is 1.83 bits per heavy atom. The minimum atomic E-state index is -0.380. The molecule has 3 aromatic rings. The Bertz CT molecular complexity index is 1500. The van der Waals surface area contributed by atoms with Crippen LogP contribution in [0.25, 0.3) is 16.7 Å². The number of hydrogen-bond acceptors (Lipinski definition) is 7. The van der Waals surface area contributed by atoms with Gasteiger partial charge in [-0.3, -0.25) is 4.79 Å². The van der Waals surface area contributed by atoms with Gasteiger partial charge in [0.05, 0.1) is 28.8 Å². The lowest BCUT2D eigenvalue weighted by molar-refractivity contribution is -0.126. The summed E-state index contributed by atoms with van der Waals surface area (Å²) >= 11 is 6.97. The number of ether oxygens (including phenoxy) is 1.